The van der Waals surface area contributed by atoms with Crippen LogP contribution >= 0.6 is 46.4 Å². The van der Waals surface area contributed by atoms with Crippen LogP contribution in [0, 0.1) is 0 Å². The fourth-order valence-electron chi connectivity index (χ4n) is 3.07. The number of nitrogens with one attached hydrogen (secondary N) is 1. The number of amides is 1. The molecule has 1 amide bonds. The van der Waals surface area contributed by atoms with Crippen molar-refractivity contribution in [1.29, 1.82) is 0 Å². The third kappa shape index (κ3) is 8.37. The van der Waals surface area contributed by atoms with Gasteiger partial charge in [0.2, 0.25) is 0 Å². The fraction of sp³-hybridized carbons (Fsp3) is 0.0357. The van der Waals surface area contributed by atoms with Crippen molar-refractivity contribution in [3.8, 4) is 17.2 Å². The van der Waals surface area contributed by atoms with E-state index in [9.17, 15) is 9.59 Å². The number of hydrazone groups is 1. The van der Waals surface area contributed by atoms with Crippen molar-refractivity contribution < 1.29 is 23.8 Å². The van der Waals surface area contributed by atoms with Gasteiger partial charge in [-0.3, -0.25) is 4.79 Å². The highest BCUT2D eigenvalue weighted by molar-refractivity contribution is 6.36. The monoisotopic (exact) mass is 602 g/mol. The maximum Gasteiger partial charge on any atom is 0.345 e. The second-order valence-corrected chi connectivity index (χ2v) is 9.51. The molecule has 4 aromatic rings. The lowest BCUT2D eigenvalue weighted by Gasteiger charge is -2.19. The van der Waals surface area contributed by atoms with Crippen LogP contribution in [-0.4, -0.2) is 24.4 Å². The molecular weight excluding hydrogens is 586 g/mol. The molecule has 39 heavy (non-hydrogen) atoms. The van der Waals surface area contributed by atoms with E-state index in [1.54, 1.807) is 78.9 Å². The van der Waals surface area contributed by atoms with Gasteiger partial charge in [-0.2, -0.15) is 5.10 Å². The molecule has 0 bridgehead atoms. The molecule has 0 atom stereocenters. The zero-order valence-electron chi connectivity index (χ0n) is 19.8. The molecule has 0 aromatic heterocycles. The summed E-state index contributed by atoms with van der Waals surface area (Å²) in [6.45, 7) is 0. The second kappa shape index (κ2) is 13.4. The molecule has 0 radical (unpaired) electrons. The first-order valence-corrected chi connectivity index (χ1v) is 12.7. The smallest absolute Gasteiger partial charge is 0.345 e. The number of hydrogen-bond acceptors (Lipinski definition) is 6. The van der Waals surface area contributed by atoms with Crippen LogP contribution in [0.2, 0.25) is 20.1 Å². The topological polar surface area (TPSA) is 86.2 Å². The van der Waals surface area contributed by atoms with E-state index in [1.165, 1.54) is 18.3 Å². The SMILES string of the molecule is O=C(Oc1ccc(C=NNC(=O)C(Oc2ccc(Cl)cc2)Oc2ccc(Cl)cc2)cc1)c1ccc(Cl)cc1Cl. The Labute approximate surface area is 243 Å². The molecule has 11 heteroatoms. The Kier molecular flexibility index (Phi) is 9.68. The predicted molar refractivity (Wildman–Crippen MR) is 152 cm³/mol. The minimum Gasteiger partial charge on any atom is -0.446 e. The van der Waals surface area contributed by atoms with Crippen LogP contribution in [0.25, 0.3) is 0 Å². The van der Waals surface area contributed by atoms with Gasteiger partial charge < -0.3 is 14.2 Å². The third-order valence-electron chi connectivity index (χ3n) is 4.96. The average molecular weight is 604 g/mol. The van der Waals surface area contributed by atoms with E-state index in [1.807, 2.05) is 0 Å². The minimum atomic E-state index is -1.37. The van der Waals surface area contributed by atoms with E-state index in [2.05, 4.69) is 10.5 Å². The summed E-state index contributed by atoms with van der Waals surface area (Å²) in [6, 6.07) is 23.8. The van der Waals surface area contributed by atoms with Gasteiger partial charge in [0, 0.05) is 15.1 Å². The fourth-order valence-corrected chi connectivity index (χ4v) is 3.80. The number of rotatable bonds is 9. The molecular formula is C28H18Cl4N2O5. The number of halogens is 4. The molecule has 0 saturated heterocycles. The summed E-state index contributed by atoms with van der Waals surface area (Å²) in [6.07, 6.45) is 0.0345. The molecule has 0 fully saturated rings. The molecule has 198 valence electrons. The number of carbonyl (C=O) groups excluding carboxylic acids is 2. The molecule has 0 unspecified atom stereocenters. The maximum absolute atomic E-state index is 12.8. The lowest BCUT2D eigenvalue weighted by atomic mass is 10.2. The standard InChI is InChI=1S/C28H18Cl4N2O5/c29-18-3-10-22(11-4-18)38-28(39-23-12-5-19(30)6-13-23)26(35)34-33-16-17-1-8-21(9-2-17)37-27(36)24-14-7-20(31)15-25(24)32/h1-16,28H,(H,34,35). The molecule has 4 rings (SSSR count). The molecule has 0 aliphatic carbocycles. The van der Waals surface area contributed by atoms with Gasteiger partial charge in [0.25, 0.3) is 0 Å². The summed E-state index contributed by atoms with van der Waals surface area (Å²) >= 11 is 23.8. The zero-order chi connectivity index (χ0) is 27.8. The summed E-state index contributed by atoms with van der Waals surface area (Å²) < 4.78 is 16.8. The molecule has 4 aromatic carbocycles. The summed E-state index contributed by atoms with van der Waals surface area (Å²) in [5.41, 5.74) is 3.20. The Balaban J connectivity index is 1.38. The molecule has 0 aliphatic rings. The number of benzene rings is 4. The van der Waals surface area contributed by atoms with Gasteiger partial charge in [-0.05, 0) is 96.6 Å². The van der Waals surface area contributed by atoms with Gasteiger partial charge in [0.1, 0.15) is 17.2 Å². The van der Waals surface area contributed by atoms with Gasteiger partial charge in [-0.25, -0.2) is 10.2 Å². The van der Waals surface area contributed by atoms with Crippen molar-refractivity contribution in [2.24, 2.45) is 5.10 Å². The van der Waals surface area contributed by atoms with Crippen LogP contribution in [0.1, 0.15) is 15.9 Å². The quantitative estimate of drug-likeness (QED) is 0.0706. The van der Waals surface area contributed by atoms with Crippen molar-refractivity contribution in [3.05, 3.63) is 122 Å². The summed E-state index contributed by atoms with van der Waals surface area (Å²) in [5, 5.41) is 5.59. The first kappa shape index (κ1) is 28.3. The van der Waals surface area contributed by atoms with Gasteiger partial charge in [0.05, 0.1) is 16.8 Å². The van der Waals surface area contributed by atoms with Crippen molar-refractivity contribution in [2.45, 2.75) is 6.29 Å². The lowest BCUT2D eigenvalue weighted by Crippen LogP contribution is -2.40. The highest BCUT2D eigenvalue weighted by atomic mass is 35.5. The van der Waals surface area contributed by atoms with Crippen LogP contribution in [0.3, 0.4) is 0 Å². The number of ether oxygens (including phenoxy) is 3. The summed E-state index contributed by atoms with van der Waals surface area (Å²) in [4.78, 5) is 25.2. The van der Waals surface area contributed by atoms with Crippen LogP contribution in [-0.2, 0) is 4.79 Å². The molecule has 0 spiro atoms. The first-order chi connectivity index (χ1) is 18.8. The Morgan fingerprint density at radius 3 is 1.74 bits per heavy atom. The predicted octanol–water partition coefficient (Wildman–Crippen LogP) is 7.45. The number of nitrogens with zero attached hydrogens (tertiary/aromatic N) is 1. The zero-order valence-corrected chi connectivity index (χ0v) is 22.8. The van der Waals surface area contributed by atoms with Crippen molar-refractivity contribution in [1.82, 2.24) is 5.43 Å². The van der Waals surface area contributed by atoms with Crippen molar-refractivity contribution in [3.63, 3.8) is 0 Å². The first-order valence-electron chi connectivity index (χ1n) is 11.2. The Morgan fingerprint density at radius 1 is 0.692 bits per heavy atom. The van der Waals surface area contributed by atoms with E-state index in [4.69, 9.17) is 60.6 Å². The van der Waals surface area contributed by atoms with E-state index in [0.29, 0.717) is 37.9 Å². The van der Waals surface area contributed by atoms with Gasteiger partial charge >= 0.3 is 18.2 Å². The van der Waals surface area contributed by atoms with Crippen LogP contribution in [0.15, 0.2) is 96.1 Å². The van der Waals surface area contributed by atoms with Crippen LogP contribution in [0.4, 0.5) is 0 Å². The van der Waals surface area contributed by atoms with E-state index >= 15 is 0 Å². The average Bonchev–Trinajstić information content (AvgIpc) is 2.91. The second-order valence-electron chi connectivity index (χ2n) is 7.79. The molecule has 1 N–H and O–H groups in total. The summed E-state index contributed by atoms with van der Waals surface area (Å²) in [7, 11) is 0. The van der Waals surface area contributed by atoms with Crippen molar-refractivity contribution in [2.75, 3.05) is 0 Å². The van der Waals surface area contributed by atoms with Gasteiger partial charge in [-0.15, -0.1) is 0 Å². The van der Waals surface area contributed by atoms with Crippen molar-refractivity contribution >= 4 is 64.5 Å². The molecule has 0 aliphatic heterocycles. The van der Waals surface area contributed by atoms with Gasteiger partial charge in [0.15, 0.2) is 0 Å². The van der Waals surface area contributed by atoms with E-state index in [0.717, 1.165) is 0 Å². The number of esters is 1. The van der Waals surface area contributed by atoms with Crippen LogP contribution < -0.4 is 19.6 Å². The highest BCUT2D eigenvalue weighted by Gasteiger charge is 2.23. The maximum atomic E-state index is 12.8. The number of carbonyl (C=O) groups is 2. The molecule has 0 saturated carbocycles. The summed E-state index contributed by atoms with van der Waals surface area (Å²) in [5.74, 6) is -0.274. The lowest BCUT2D eigenvalue weighted by molar-refractivity contribution is -0.140. The normalized spacial score (nSPS) is 10.9. The Bertz CT molecular complexity index is 1430. The molecule has 0 heterocycles. The Morgan fingerprint density at radius 2 is 1.21 bits per heavy atom. The van der Waals surface area contributed by atoms with Gasteiger partial charge in [-0.1, -0.05) is 46.4 Å². The van der Waals surface area contributed by atoms with E-state index in [-0.39, 0.29) is 10.6 Å². The Hall–Kier alpha value is -3.75. The largest absolute Gasteiger partial charge is 0.446 e. The van der Waals surface area contributed by atoms with E-state index < -0.39 is 18.2 Å². The minimum absolute atomic E-state index is 0.186. The molecule has 7 nitrogen and oxygen atoms in total. The number of hydrogen-bond donors (Lipinski definition) is 1. The highest BCUT2D eigenvalue weighted by Crippen LogP contribution is 2.23. The third-order valence-corrected chi connectivity index (χ3v) is 6.01. The van der Waals surface area contributed by atoms with Crippen LogP contribution in [0.5, 0.6) is 17.2 Å².